The standard InChI is InChI=1S/C18H17BrClNO3/c1-8(2)14-10-4-5-11(14)16(18(23)24)15(10)17(22)21-9-3-6-12(19)13(20)7-9/h3-7,10-11,15-16H,1-2H3,(H,21,22)(H,23,24). The van der Waals surface area contributed by atoms with Gasteiger partial charge in [0.05, 0.1) is 16.9 Å². The van der Waals surface area contributed by atoms with Crippen LogP contribution < -0.4 is 5.32 Å². The van der Waals surface area contributed by atoms with Crippen LogP contribution in [-0.2, 0) is 9.59 Å². The van der Waals surface area contributed by atoms with Crippen LogP contribution in [0, 0.1) is 23.7 Å². The number of benzene rings is 1. The third-order valence-corrected chi connectivity index (χ3v) is 5.99. The zero-order chi connectivity index (χ0) is 17.6. The van der Waals surface area contributed by atoms with Gasteiger partial charge in [-0.2, -0.15) is 0 Å². The number of hydrogen-bond acceptors (Lipinski definition) is 2. The fourth-order valence-corrected chi connectivity index (χ4v) is 4.27. The summed E-state index contributed by atoms with van der Waals surface area (Å²) >= 11 is 9.36. The lowest BCUT2D eigenvalue weighted by Crippen LogP contribution is -2.36. The first-order chi connectivity index (χ1) is 11.3. The molecule has 2 N–H and O–H groups in total. The number of carboxylic acid groups (broad SMARTS) is 1. The van der Waals surface area contributed by atoms with Gasteiger partial charge in [0.2, 0.25) is 5.91 Å². The van der Waals surface area contributed by atoms with Gasteiger partial charge in [0.15, 0.2) is 0 Å². The Hall–Kier alpha value is -1.59. The van der Waals surface area contributed by atoms with Crippen molar-refractivity contribution in [1.29, 1.82) is 0 Å². The van der Waals surface area contributed by atoms with Gasteiger partial charge in [-0.05, 0) is 48.0 Å². The summed E-state index contributed by atoms with van der Waals surface area (Å²) in [5.74, 6) is -2.88. The third-order valence-electron chi connectivity index (χ3n) is 4.76. The number of fused-ring (bicyclic) bond motifs is 2. The lowest BCUT2D eigenvalue weighted by atomic mass is 9.82. The van der Waals surface area contributed by atoms with Crippen molar-refractivity contribution in [2.24, 2.45) is 23.7 Å². The molecule has 6 heteroatoms. The first-order valence-electron chi connectivity index (χ1n) is 7.65. The molecule has 2 aliphatic rings. The Labute approximate surface area is 153 Å². The van der Waals surface area contributed by atoms with E-state index in [4.69, 9.17) is 11.6 Å². The molecule has 2 aliphatic carbocycles. The minimum atomic E-state index is -0.931. The van der Waals surface area contributed by atoms with Crippen molar-refractivity contribution >= 4 is 45.1 Å². The smallest absolute Gasteiger partial charge is 0.308 e. The molecule has 1 aromatic rings. The Morgan fingerprint density at radius 2 is 1.79 bits per heavy atom. The van der Waals surface area contributed by atoms with Crippen molar-refractivity contribution in [1.82, 2.24) is 0 Å². The van der Waals surface area contributed by atoms with E-state index in [-0.39, 0.29) is 17.7 Å². The van der Waals surface area contributed by atoms with Crippen LogP contribution in [-0.4, -0.2) is 17.0 Å². The molecular formula is C18H17BrClNO3. The minimum absolute atomic E-state index is 0.146. The van der Waals surface area contributed by atoms with Crippen LogP contribution in [0.1, 0.15) is 13.8 Å². The highest BCUT2D eigenvalue weighted by Crippen LogP contribution is 2.53. The number of hydrogen-bond donors (Lipinski definition) is 2. The molecule has 1 saturated carbocycles. The molecule has 0 heterocycles. The summed E-state index contributed by atoms with van der Waals surface area (Å²) in [6.45, 7) is 3.94. The van der Waals surface area contributed by atoms with Crippen LogP contribution in [0.3, 0.4) is 0 Å². The summed E-state index contributed by atoms with van der Waals surface area (Å²) in [6.07, 6.45) is 3.89. The number of rotatable bonds is 3. The molecule has 2 bridgehead atoms. The third kappa shape index (κ3) is 2.80. The van der Waals surface area contributed by atoms with E-state index in [2.05, 4.69) is 21.2 Å². The summed E-state index contributed by atoms with van der Waals surface area (Å²) in [6, 6.07) is 5.12. The largest absolute Gasteiger partial charge is 0.481 e. The van der Waals surface area contributed by atoms with Crippen LogP contribution in [0.15, 0.2) is 46.0 Å². The van der Waals surface area contributed by atoms with Gasteiger partial charge in [-0.25, -0.2) is 0 Å². The van der Waals surface area contributed by atoms with Crippen LogP contribution in [0.2, 0.25) is 5.02 Å². The van der Waals surface area contributed by atoms with Crippen LogP contribution in [0.4, 0.5) is 5.69 Å². The second-order valence-corrected chi connectivity index (χ2v) is 7.66. The van der Waals surface area contributed by atoms with E-state index < -0.39 is 17.8 Å². The number of carboxylic acids is 1. The molecule has 0 aromatic heterocycles. The van der Waals surface area contributed by atoms with E-state index in [1.54, 1.807) is 18.2 Å². The second kappa shape index (κ2) is 6.37. The van der Waals surface area contributed by atoms with Crippen molar-refractivity contribution in [2.75, 3.05) is 5.32 Å². The number of amides is 1. The van der Waals surface area contributed by atoms with Gasteiger partial charge in [0.1, 0.15) is 0 Å². The van der Waals surface area contributed by atoms with Gasteiger partial charge in [0, 0.05) is 22.0 Å². The molecule has 3 rings (SSSR count). The number of aliphatic carboxylic acids is 1. The number of nitrogens with one attached hydrogen (secondary N) is 1. The Balaban J connectivity index is 1.91. The number of allylic oxidation sites excluding steroid dienone is 4. The minimum Gasteiger partial charge on any atom is -0.481 e. The molecule has 4 atom stereocenters. The van der Waals surface area contributed by atoms with Gasteiger partial charge >= 0.3 is 5.97 Å². The van der Waals surface area contributed by atoms with Gasteiger partial charge in [0.25, 0.3) is 0 Å². The molecule has 4 nitrogen and oxygen atoms in total. The molecule has 0 radical (unpaired) electrons. The topological polar surface area (TPSA) is 66.4 Å². The van der Waals surface area contributed by atoms with E-state index in [0.29, 0.717) is 10.7 Å². The van der Waals surface area contributed by atoms with Gasteiger partial charge in [-0.15, -0.1) is 0 Å². The second-order valence-electron chi connectivity index (χ2n) is 6.40. The monoisotopic (exact) mass is 409 g/mol. The van der Waals surface area contributed by atoms with Crippen molar-refractivity contribution in [3.05, 3.63) is 51.0 Å². The Morgan fingerprint density at radius 3 is 2.33 bits per heavy atom. The van der Waals surface area contributed by atoms with Crippen LogP contribution in [0.25, 0.3) is 0 Å². The molecule has 1 fully saturated rings. The SMILES string of the molecule is CC(C)=C1C2C=CC1C(C(=O)Nc1ccc(Br)c(Cl)c1)C2C(=O)O. The van der Waals surface area contributed by atoms with Crippen molar-refractivity contribution in [2.45, 2.75) is 13.8 Å². The number of carbonyl (C=O) groups excluding carboxylic acids is 1. The van der Waals surface area contributed by atoms with Crippen molar-refractivity contribution in [3.63, 3.8) is 0 Å². The molecule has 0 saturated heterocycles. The van der Waals surface area contributed by atoms with E-state index in [9.17, 15) is 14.7 Å². The average molecular weight is 411 g/mol. The van der Waals surface area contributed by atoms with E-state index in [1.807, 2.05) is 26.0 Å². The van der Waals surface area contributed by atoms with Crippen LogP contribution in [0.5, 0.6) is 0 Å². The zero-order valence-electron chi connectivity index (χ0n) is 13.2. The van der Waals surface area contributed by atoms with E-state index >= 15 is 0 Å². The maximum atomic E-state index is 12.8. The molecule has 1 aromatic carbocycles. The first-order valence-corrected chi connectivity index (χ1v) is 8.82. The predicted octanol–water partition coefficient (Wildman–Crippen LogP) is 4.51. The van der Waals surface area contributed by atoms with Crippen molar-refractivity contribution < 1.29 is 14.7 Å². The van der Waals surface area contributed by atoms with Crippen molar-refractivity contribution in [3.8, 4) is 0 Å². The lowest BCUT2D eigenvalue weighted by molar-refractivity contribution is -0.146. The molecule has 126 valence electrons. The molecule has 1 amide bonds. The lowest BCUT2D eigenvalue weighted by Gasteiger charge is -2.23. The Morgan fingerprint density at radius 1 is 1.17 bits per heavy atom. The van der Waals surface area contributed by atoms with Gasteiger partial charge in [-0.1, -0.05) is 34.9 Å². The highest BCUT2D eigenvalue weighted by molar-refractivity contribution is 9.10. The average Bonchev–Trinajstić information content (AvgIpc) is 3.06. The molecule has 4 unspecified atom stereocenters. The van der Waals surface area contributed by atoms with Gasteiger partial charge in [-0.3, -0.25) is 9.59 Å². The fourth-order valence-electron chi connectivity index (χ4n) is 3.84. The number of anilines is 1. The zero-order valence-corrected chi connectivity index (χ0v) is 15.6. The fraction of sp³-hybridized carbons (Fsp3) is 0.333. The Bertz CT molecular complexity index is 782. The summed E-state index contributed by atoms with van der Waals surface area (Å²) in [5, 5.41) is 12.9. The highest BCUT2D eigenvalue weighted by Gasteiger charge is 2.54. The number of carbonyl (C=O) groups is 2. The highest BCUT2D eigenvalue weighted by atomic mass is 79.9. The Kier molecular flexibility index (Phi) is 4.58. The predicted molar refractivity (Wildman–Crippen MR) is 96.9 cm³/mol. The van der Waals surface area contributed by atoms with E-state index in [1.165, 1.54) is 0 Å². The summed E-state index contributed by atoms with van der Waals surface area (Å²) in [7, 11) is 0. The molecule has 0 aliphatic heterocycles. The van der Waals surface area contributed by atoms with Crippen LogP contribution >= 0.6 is 27.5 Å². The molecular weight excluding hydrogens is 394 g/mol. The summed E-state index contributed by atoms with van der Waals surface area (Å²) in [5.41, 5.74) is 2.71. The van der Waals surface area contributed by atoms with E-state index in [0.717, 1.165) is 15.6 Å². The quantitative estimate of drug-likeness (QED) is 0.721. The normalized spacial score (nSPS) is 27.4. The summed E-state index contributed by atoms with van der Waals surface area (Å²) < 4.78 is 0.736. The first kappa shape index (κ1) is 17.2. The maximum Gasteiger partial charge on any atom is 0.308 e. The number of halogens is 2. The van der Waals surface area contributed by atoms with Gasteiger partial charge < -0.3 is 10.4 Å². The molecule has 24 heavy (non-hydrogen) atoms. The molecule has 0 spiro atoms. The maximum absolute atomic E-state index is 12.8. The summed E-state index contributed by atoms with van der Waals surface area (Å²) in [4.78, 5) is 24.6.